The van der Waals surface area contributed by atoms with Gasteiger partial charge in [-0.15, -0.1) is 0 Å². The molecular weight excluding hydrogens is 270 g/mol. The lowest BCUT2D eigenvalue weighted by Gasteiger charge is -2.03. The van der Waals surface area contributed by atoms with E-state index in [1.165, 1.54) is 0 Å². The molecule has 0 atom stereocenters. The van der Waals surface area contributed by atoms with Gasteiger partial charge in [0.05, 0.1) is 5.56 Å². The van der Waals surface area contributed by atoms with Gasteiger partial charge in [-0.05, 0) is 35.9 Å². The van der Waals surface area contributed by atoms with Crippen LogP contribution in [-0.4, -0.2) is 16.9 Å². The van der Waals surface area contributed by atoms with Gasteiger partial charge < -0.3 is 19.7 Å². The fourth-order valence-corrected chi connectivity index (χ4v) is 2.34. The van der Waals surface area contributed by atoms with Crippen molar-refractivity contribution in [2.75, 3.05) is 12.5 Å². The summed E-state index contributed by atoms with van der Waals surface area (Å²) in [5, 5.41) is 4.07. The molecule has 1 aliphatic rings. The first kappa shape index (κ1) is 11.8. The molecule has 0 spiro atoms. The molecule has 0 aliphatic carbocycles. The molecule has 4 rings (SSSR count). The molecule has 21 heavy (non-hydrogen) atoms. The molecule has 2 N–H and O–H groups in total. The summed E-state index contributed by atoms with van der Waals surface area (Å²) >= 11 is 0. The van der Waals surface area contributed by atoms with Gasteiger partial charge in [-0.25, -0.2) is 0 Å². The minimum Gasteiger partial charge on any atom is -0.454 e. The van der Waals surface area contributed by atoms with Gasteiger partial charge in [-0.2, -0.15) is 0 Å². The van der Waals surface area contributed by atoms with E-state index in [2.05, 4.69) is 10.1 Å². The molecule has 3 aromatic rings. The van der Waals surface area contributed by atoms with Crippen molar-refractivity contribution in [2.24, 2.45) is 0 Å². The van der Waals surface area contributed by atoms with E-state index in [1.54, 1.807) is 12.4 Å². The average molecular weight is 281 g/mol. The zero-order valence-electron chi connectivity index (χ0n) is 10.9. The predicted octanol–water partition coefficient (Wildman–Crippen LogP) is 2.71. The number of pyridine rings is 1. The molecule has 0 fully saturated rings. The van der Waals surface area contributed by atoms with Gasteiger partial charge in [-0.1, -0.05) is 5.16 Å². The Morgan fingerprint density at radius 3 is 2.62 bits per heavy atom. The fourth-order valence-electron chi connectivity index (χ4n) is 2.34. The number of ether oxygens (including phenoxy) is 2. The zero-order valence-corrected chi connectivity index (χ0v) is 10.9. The molecule has 0 unspecified atom stereocenters. The largest absolute Gasteiger partial charge is 0.454 e. The van der Waals surface area contributed by atoms with Gasteiger partial charge in [0.25, 0.3) is 0 Å². The highest BCUT2D eigenvalue weighted by atomic mass is 16.7. The fraction of sp³-hybridized carbons (Fsp3) is 0.0667. The van der Waals surface area contributed by atoms with Crippen LogP contribution in [-0.2, 0) is 0 Å². The molecule has 6 nitrogen and oxygen atoms in total. The predicted molar refractivity (Wildman–Crippen MR) is 75.7 cm³/mol. The number of nitrogens with zero attached hydrogens (tertiary/aromatic N) is 2. The summed E-state index contributed by atoms with van der Waals surface area (Å²) in [6, 6.07) is 9.33. The van der Waals surface area contributed by atoms with Gasteiger partial charge in [0, 0.05) is 18.0 Å². The number of benzene rings is 1. The van der Waals surface area contributed by atoms with Crippen LogP contribution in [0, 0.1) is 0 Å². The number of hydrogen-bond donors (Lipinski definition) is 1. The summed E-state index contributed by atoms with van der Waals surface area (Å²) in [5.41, 5.74) is 9.08. The molecule has 0 amide bonds. The van der Waals surface area contributed by atoms with Crippen LogP contribution in [0.15, 0.2) is 47.2 Å². The normalized spacial score (nSPS) is 12.6. The number of hydrogen-bond acceptors (Lipinski definition) is 6. The Balaban J connectivity index is 1.87. The van der Waals surface area contributed by atoms with E-state index in [-0.39, 0.29) is 12.7 Å². The number of fused-ring (bicyclic) bond motifs is 1. The van der Waals surface area contributed by atoms with E-state index in [0.29, 0.717) is 11.4 Å². The van der Waals surface area contributed by atoms with E-state index < -0.39 is 0 Å². The maximum atomic E-state index is 5.92. The maximum Gasteiger partial charge on any atom is 0.231 e. The Labute approximate surface area is 120 Å². The lowest BCUT2D eigenvalue weighted by molar-refractivity contribution is 0.174. The lowest BCUT2D eigenvalue weighted by Crippen LogP contribution is -1.92. The summed E-state index contributed by atoms with van der Waals surface area (Å²) in [6.07, 6.45) is 3.40. The van der Waals surface area contributed by atoms with Gasteiger partial charge in [0.15, 0.2) is 11.5 Å². The molecule has 104 valence electrons. The Bertz CT molecular complexity index is 799. The van der Waals surface area contributed by atoms with Crippen LogP contribution < -0.4 is 15.2 Å². The molecule has 2 aromatic heterocycles. The number of aromatic nitrogens is 2. The van der Waals surface area contributed by atoms with Crippen molar-refractivity contribution in [1.82, 2.24) is 10.1 Å². The smallest absolute Gasteiger partial charge is 0.231 e. The molecule has 0 bridgehead atoms. The summed E-state index contributed by atoms with van der Waals surface area (Å²) in [4.78, 5) is 4.01. The number of nitrogens with two attached hydrogens (primary N) is 1. The lowest BCUT2D eigenvalue weighted by atomic mass is 10.0. The van der Waals surface area contributed by atoms with Crippen LogP contribution in [0.1, 0.15) is 0 Å². The highest BCUT2D eigenvalue weighted by Crippen LogP contribution is 2.40. The van der Waals surface area contributed by atoms with Gasteiger partial charge in [0.1, 0.15) is 5.69 Å². The topological polar surface area (TPSA) is 83.4 Å². The molecule has 1 aliphatic heterocycles. The first-order valence-electron chi connectivity index (χ1n) is 6.38. The van der Waals surface area contributed by atoms with Crippen molar-refractivity contribution >= 4 is 5.88 Å². The molecule has 0 saturated heterocycles. The van der Waals surface area contributed by atoms with Crippen LogP contribution in [0.2, 0.25) is 0 Å². The van der Waals surface area contributed by atoms with Gasteiger partial charge >= 0.3 is 0 Å². The third kappa shape index (κ3) is 1.88. The van der Waals surface area contributed by atoms with Crippen molar-refractivity contribution in [3.63, 3.8) is 0 Å². The molecule has 3 heterocycles. The number of anilines is 1. The molecule has 6 heteroatoms. The van der Waals surface area contributed by atoms with Crippen LogP contribution in [0.4, 0.5) is 5.88 Å². The van der Waals surface area contributed by atoms with E-state index in [1.807, 2.05) is 30.3 Å². The van der Waals surface area contributed by atoms with Crippen molar-refractivity contribution in [3.8, 4) is 33.9 Å². The Morgan fingerprint density at radius 1 is 0.952 bits per heavy atom. The second-order valence-electron chi connectivity index (χ2n) is 4.57. The second-order valence-corrected chi connectivity index (χ2v) is 4.57. The minimum atomic E-state index is 0.233. The first-order valence-corrected chi connectivity index (χ1v) is 6.38. The van der Waals surface area contributed by atoms with Crippen molar-refractivity contribution < 1.29 is 14.0 Å². The van der Waals surface area contributed by atoms with Gasteiger partial charge in [0.2, 0.25) is 12.7 Å². The monoisotopic (exact) mass is 281 g/mol. The first-order chi connectivity index (χ1) is 10.3. The summed E-state index contributed by atoms with van der Waals surface area (Å²) in [5.74, 6) is 1.68. The standard InChI is InChI=1S/C15H11N3O3/c16-15-13(9-3-5-17-6-4-9)14(18-21-15)10-1-2-11-12(7-10)20-8-19-11/h1-7H,8,16H2. The van der Waals surface area contributed by atoms with E-state index in [9.17, 15) is 0 Å². The number of nitrogen functional groups attached to an aromatic ring is 1. The van der Waals surface area contributed by atoms with Crippen molar-refractivity contribution in [1.29, 1.82) is 0 Å². The van der Waals surface area contributed by atoms with Gasteiger partial charge in [-0.3, -0.25) is 4.98 Å². The minimum absolute atomic E-state index is 0.233. The van der Waals surface area contributed by atoms with Crippen LogP contribution in [0.25, 0.3) is 22.4 Å². The third-order valence-electron chi connectivity index (χ3n) is 3.33. The van der Waals surface area contributed by atoms with Crippen molar-refractivity contribution in [3.05, 3.63) is 42.7 Å². The number of rotatable bonds is 2. The Morgan fingerprint density at radius 2 is 1.76 bits per heavy atom. The highest BCUT2D eigenvalue weighted by molar-refractivity contribution is 5.87. The summed E-state index contributed by atoms with van der Waals surface area (Å²) in [6.45, 7) is 0.233. The van der Waals surface area contributed by atoms with E-state index in [0.717, 1.165) is 22.4 Å². The van der Waals surface area contributed by atoms with Crippen LogP contribution in [0.5, 0.6) is 11.5 Å². The molecular formula is C15H11N3O3. The summed E-state index contributed by atoms with van der Waals surface area (Å²) in [7, 11) is 0. The quantitative estimate of drug-likeness (QED) is 0.777. The Hall–Kier alpha value is -3.02. The van der Waals surface area contributed by atoms with E-state index in [4.69, 9.17) is 19.7 Å². The zero-order chi connectivity index (χ0) is 14.2. The van der Waals surface area contributed by atoms with Crippen LogP contribution >= 0.6 is 0 Å². The molecule has 0 saturated carbocycles. The molecule has 1 aromatic carbocycles. The SMILES string of the molecule is Nc1onc(-c2ccc3c(c2)OCO3)c1-c1ccncc1. The maximum absolute atomic E-state index is 5.92. The van der Waals surface area contributed by atoms with E-state index >= 15 is 0 Å². The highest BCUT2D eigenvalue weighted by Gasteiger charge is 2.20. The average Bonchev–Trinajstić information content (AvgIpc) is 3.13. The van der Waals surface area contributed by atoms with Crippen LogP contribution in [0.3, 0.4) is 0 Å². The molecule has 0 radical (unpaired) electrons. The summed E-state index contributed by atoms with van der Waals surface area (Å²) < 4.78 is 15.9. The second kappa shape index (κ2) is 4.52. The van der Waals surface area contributed by atoms with Crippen molar-refractivity contribution in [2.45, 2.75) is 0 Å². The third-order valence-corrected chi connectivity index (χ3v) is 3.33. The Kier molecular flexibility index (Phi) is 2.53.